The van der Waals surface area contributed by atoms with Gasteiger partial charge in [-0.2, -0.15) is 0 Å². The third kappa shape index (κ3) is 5.03. The minimum atomic E-state index is -0.686. The van der Waals surface area contributed by atoms with Crippen LogP contribution in [0.1, 0.15) is 36.9 Å². The molecule has 2 atom stereocenters. The molecule has 0 unspecified atom stereocenters. The van der Waals surface area contributed by atoms with Gasteiger partial charge in [-0.15, -0.1) is 0 Å². The molecule has 1 fully saturated rings. The van der Waals surface area contributed by atoms with Crippen LogP contribution in [-0.2, 0) is 16.1 Å². The Morgan fingerprint density at radius 3 is 2.53 bits per heavy atom. The van der Waals surface area contributed by atoms with Crippen molar-refractivity contribution in [2.24, 2.45) is 0 Å². The average molecular weight is 412 g/mol. The first-order chi connectivity index (χ1) is 14.5. The number of likely N-dealkylation sites (tertiary alicyclic amines) is 1. The van der Waals surface area contributed by atoms with Crippen molar-refractivity contribution in [1.82, 2.24) is 10.2 Å². The van der Waals surface area contributed by atoms with Crippen molar-refractivity contribution in [3.8, 4) is 11.5 Å². The number of nitrogens with one attached hydrogen (secondary N) is 1. The third-order valence-corrected chi connectivity index (χ3v) is 5.25. The summed E-state index contributed by atoms with van der Waals surface area (Å²) in [5.74, 6) is 1.14. The van der Waals surface area contributed by atoms with Gasteiger partial charge < -0.3 is 24.4 Å². The summed E-state index contributed by atoms with van der Waals surface area (Å²) in [4.78, 5) is 26.9. The zero-order chi connectivity index (χ0) is 21.5. The Balaban J connectivity index is 1.61. The van der Waals surface area contributed by atoms with Gasteiger partial charge in [0.05, 0.1) is 20.3 Å². The lowest BCUT2D eigenvalue weighted by Crippen LogP contribution is -2.46. The zero-order valence-corrected chi connectivity index (χ0v) is 17.6. The quantitative estimate of drug-likeness (QED) is 0.751. The molecule has 1 N–H and O–H groups in total. The van der Waals surface area contributed by atoms with Gasteiger partial charge in [-0.05, 0) is 43.0 Å². The Hall–Kier alpha value is -3.22. The smallest absolute Gasteiger partial charge is 0.408 e. The number of hydrogen-bond acceptors (Lipinski definition) is 5. The number of hydrogen-bond donors (Lipinski definition) is 1. The molecule has 1 heterocycles. The highest BCUT2D eigenvalue weighted by molar-refractivity contribution is 5.85. The van der Waals surface area contributed by atoms with E-state index in [2.05, 4.69) is 5.32 Å². The molecule has 0 radical (unpaired) electrons. The van der Waals surface area contributed by atoms with Crippen molar-refractivity contribution < 1.29 is 23.8 Å². The van der Waals surface area contributed by atoms with Crippen LogP contribution in [0.3, 0.4) is 0 Å². The van der Waals surface area contributed by atoms with E-state index in [0.29, 0.717) is 18.0 Å². The Labute approximate surface area is 176 Å². The standard InChI is InChI=1S/C23H28N2O5/c1-16(24-23(27)30-15-17-8-5-4-6-9-17)22(26)25-13-7-10-19(25)18-11-12-20(28-2)21(14-18)29-3/h4-6,8-9,11-12,14,16,19H,7,10,13,15H2,1-3H3,(H,24,27)/t16-,19-/m0/s1. The fraction of sp³-hybridized carbons (Fsp3) is 0.391. The van der Waals surface area contributed by atoms with Gasteiger partial charge in [-0.1, -0.05) is 36.4 Å². The predicted octanol–water partition coefficient (Wildman–Crippen LogP) is 3.68. The minimum Gasteiger partial charge on any atom is -0.493 e. The van der Waals surface area contributed by atoms with E-state index in [1.54, 1.807) is 21.1 Å². The molecule has 7 heteroatoms. The SMILES string of the molecule is COc1ccc([C@@H]2CCCN2C(=O)[C@H](C)NC(=O)OCc2ccccc2)cc1OC. The van der Waals surface area contributed by atoms with E-state index < -0.39 is 12.1 Å². The molecule has 0 aromatic heterocycles. The second-order valence-corrected chi connectivity index (χ2v) is 7.23. The van der Waals surface area contributed by atoms with E-state index >= 15 is 0 Å². The molecule has 0 bridgehead atoms. The molecule has 0 aliphatic carbocycles. The van der Waals surface area contributed by atoms with Crippen molar-refractivity contribution >= 4 is 12.0 Å². The van der Waals surface area contributed by atoms with Gasteiger partial charge in [0.1, 0.15) is 12.6 Å². The van der Waals surface area contributed by atoms with Gasteiger partial charge in [0.15, 0.2) is 11.5 Å². The molecule has 2 amide bonds. The van der Waals surface area contributed by atoms with Crippen LogP contribution in [0.2, 0.25) is 0 Å². The van der Waals surface area contributed by atoms with Crippen molar-refractivity contribution in [1.29, 1.82) is 0 Å². The van der Waals surface area contributed by atoms with Gasteiger partial charge in [0, 0.05) is 6.54 Å². The summed E-state index contributed by atoms with van der Waals surface area (Å²) in [5, 5.41) is 2.64. The van der Waals surface area contributed by atoms with Crippen LogP contribution >= 0.6 is 0 Å². The van der Waals surface area contributed by atoms with E-state index in [0.717, 1.165) is 24.0 Å². The lowest BCUT2D eigenvalue weighted by Gasteiger charge is -2.28. The van der Waals surface area contributed by atoms with Crippen LogP contribution in [-0.4, -0.2) is 43.7 Å². The first kappa shape index (κ1) is 21.5. The highest BCUT2D eigenvalue weighted by Crippen LogP contribution is 2.37. The molecular formula is C23H28N2O5. The highest BCUT2D eigenvalue weighted by atomic mass is 16.5. The topological polar surface area (TPSA) is 77.1 Å². The van der Waals surface area contributed by atoms with E-state index in [1.165, 1.54) is 0 Å². The fourth-order valence-corrected chi connectivity index (χ4v) is 3.69. The number of ether oxygens (including phenoxy) is 3. The van der Waals surface area contributed by atoms with Gasteiger partial charge in [-0.25, -0.2) is 4.79 Å². The summed E-state index contributed by atoms with van der Waals surface area (Å²) < 4.78 is 15.9. The second-order valence-electron chi connectivity index (χ2n) is 7.23. The summed E-state index contributed by atoms with van der Waals surface area (Å²) in [7, 11) is 3.18. The number of nitrogens with zero attached hydrogens (tertiary/aromatic N) is 1. The van der Waals surface area contributed by atoms with Crippen LogP contribution in [0.15, 0.2) is 48.5 Å². The second kappa shape index (κ2) is 10.0. The highest BCUT2D eigenvalue weighted by Gasteiger charge is 2.33. The van der Waals surface area contributed by atoms with E-state index in [1.807, 2.05) is 53.4 Å². The molecule has 2 aromatic rings. The number of benzene rings is 2. The minimum absolute atomic E-state index is 0.0677. The van der Waals surface area contributed by atoms with E-state index in [9.17, 15) is 9.59 Å². The summed E-state index contributed by atoms with van der Waals surface area (Å²) in [6, 6.07) is 14.3. The largest absolute Gasteiger partial charge is 0.493 e. The summed E-state index contributed by atoms with van der Waals surface area (Å²) >= 11 is 0. The molecule has 1 aliphatic heterocycles. The van der Waals surface area contributed by atoms with Crippen LogP contribution in [0, 0.1) is 0 Å². The molecule has 7 nitrogen and oxygen atoms in total. The number of methoxy groups -OCH3 is 2. The third-order valence-electron chi connectivity index (χ3n) is 5.25. The van der Waals surface area contributed by atoms with E-state index in [-0.39, 0.29) is 18.6 Å². The lowest BCUT2D eigenvalue weighted by atomic mass is 10.0. The number of carbonyl (C=O) groups excluding carboxylic acids is 2. The Morgan fingerprint density at radius 2 is 1.83 bits per heavy atom. The molecule has 2 aromatic carbocycles. The Bertz CT molecular complexity index is 871. The van der Waals surface area contributed by atoms with Gasteiger partial charge in [0.25, 0.3) is 0 Å². The molecule has 3 rings (SSSR count). The van der Waals surface area contributed by atoms with Crippen molar-refractivity contribution in [2.45, 2.75) is 38.5 Å². The molecular weight excluding hydrogens is 384 g/mol. The van der Waals surface area contributed by atoms with Crippen LogP contribution < -0.4 is 14.8 Å². The Kier molecular flexibility index (Phi) is 7.17. The van der Waals surface area contributed by atoms with Crippen molar-refractivity contribution in [2.75, 3.05) is 20.8 Å². The van der Waals surface area contributed by atoms with Crippen LogP contribution in [0.25, 0.3) is 0 Å². The maximum Gasteiger partial charge on any atom is 0.408 e. The van der Waals surface area contributed by atoms with Crippen LogP contribution in [0.4, 0.5) is 4.79 Å². The lowest BCUT2D eigenvalue weighted by molar-refractivity contribution is -0.133. The molecule has 0 spiro atoms. The zero-order valence-electron chi connectivity index (χ0n) is 17.6. The van der Waals surface area contributed by atoms with Gasteiger partial charge in [-0.3, -0.25) is 4.79 Å². The summed E-state index contributed by atoms with van der Waals surface area (Å²) in [6.45, 7) is 2.48. The number of carbonyl (C=O) groups is 2. The normalized spacial score (nSPS) is 16.6. The number of amides is 2. The summed E-state index contributed by atoms with van der Waals surface area (Å²) in [5.41, 5.74) is 1.87. The van der Waals surface area contributed by atoms with Crippen molar-refractivity contribution in [3.63, 3.8) is 0 Å². The average Bonchev–Trinajstić information content (AvgIpc) is 3.27. The Morgan fingerprint density at radius 1 is 1.10 bits per heavy atom. The van der Waals surface area contributed by atoms with Gasteiger partial charge in [0.2, 0.25) is 5.91 Å². The molecule has 1 saturated heterocycles. The van der Waals surface area contributed by atoms with Crippen LogP contribution in [0.5, 0.6) is 11.5 Å². The molecule has 30 heavy (non-hydrogen) atoms. The molecule has 0 saturated carbocycles. The van der Waals surface area contributed by atoms with Gasteiger partial charge >= 0.3 is 6.09 Å². The van der Waals surface area contributed by atoms with E-state index in [4.69, 9.17) is 14.2 Å². The number of alkyl carbamates (subject to hydrolysis) is 1. The summed E-state index contributed by atoms with van der Waals surface area (Å²) in [6.07, 6.45) is 1.14. The monoisotopic (exact) mass is 412 g/mol. The van der Waals surface area contributed by atoms with Crippen molar-refractivity contribution in [3.05, 3.63) is 59.7 Å². The maximum absolute atomic E-state index is 13.0. The maximum atomic E-state index is 13.0. The molecule has 1 aliphatic rings. The predicted molar refractivity (Wildman–Crippen MR) is 112 cm³/mol. The molecule has 160 valence electrons. The number of rotatable bonds is 7. The first-order valence-electron chi connectivity index (χ1n) is 10.0. The fourth-order valence-electron chi connectivity index (χ4n) is 3.69. The first-order valence-corrected chi connectivity index (χ1v) is 10.0.